The summed E-state index contributed by atoms with van der Waals surface area (Å²) in [4.78, 5) is 10.7. The van der Waals surface area contributed by atoms with Crippen LogP contribution in [0.1, 0.15) is 15.2 Å². The van der Waals surface area contributed by atoms with Crippen LogP contribution >= 0.6 is 27.3 Å². The fourth-order valence-electron chi connectivity index (χ4n) is 1.58. The monoisotopic (exact) mass is 393 g/mol. The smallest absolute Gasteiger partial charge is 0.346 e. The third-order valence-corrected chi connectivity index (χ3v) is 5.82. The Morgan fingerprint density at radius 2 is 2.05 bits per heavy atom. The zero-order chi connectivity index (χ0) is 15.8. The molecule has 0 unspecified atom stereocenters. The van der Waals surface area contributed by atoms with Crippen molar-refractivity contribution in [1.82, 2.24) is 0 Å². The first-order chi connectivity index (χ1) is 9.70. The first-order valence-electron chi connectivity index (χ1n) is 5.52. The number of nitrogens with one attached hydrogen (secondary N) is 1. The summed E-state index contributed by atoms with van der Waals surface area (Å²) in [5.74, 6) is -1.83. The number of halogens is 2. The molecule has 0 saturated carbocycles. The zero-order valence-corrected chi connectivity index (χ0v) is 13.8. The highest BCUT2D eigenvalue weighted by molar-refractivity contribution is 9.10. The van der Waals surface area contributed by atoms with Crippen molar-refractivity contribution in [2.75, 3.05) is 4.72 Å². The summed E-state index contributed by atoms with van der Waals surface area (Å²) < 4.78 is 40.0. The molecule has 0 bridgehead atoms. The van der Waals surface area contributed by atoms with Crippen LogP contribution in [0.15, 0.2) is 33.6 Å². The largest absolute Gasteiger partial charge is 0.477 e. The predicted molar refractivity (Wildman–Crippen MR) is 80.9 cm³/mol. The van der Waals surface area contributed by atoms with E-state index >= 15 is 0 Å². The van der Waals surface area contributed by atoms with E-state index in [4.69, 9.17) is 5.11 Å². The van der Waals surface area contributed by atoms with E-state index in [-0.39, 0.29) is 19.2 Å². The summed E-state index contributed by atoms with van der Waals surface area (Å²) in [6.45, 7) is 1.57. The zero-order valence-electron chi connectivity index (χ0n) is 10.6. The quantitative estimate of drug-likeness (QED) is 0.832. The van der Waals surface area contributed by atoms with Gasteiger partial charge in [-0.1, -0.05) is 0 Å². The highest BCUT2D eigenvalue weighted by atomic mass is 79.9. The van der Waals surface area contributed by atoms with Crippen LogP contribution in [0.25, 0.3) is 0 Å². The first kappa shape index (κ1) is 15.9. The average Bonchev–Trinajstić information content (AvgIpc) is 2.72. The van der Waals surface area contributed by atoms with Crippen LogP contribution in [-0.4, -0.2) is 19.5 Å². The van der Waals surface area contributed by atoms with Gasteiger partial charge in [-0.15, -0.1) is 11.3 Å². The molecule has 21 heavy (non-hydrogen) atoms. The topological polar surface area (TPSA) is 83.5 Å². The Morgan fingerprint density at radius 3 is 2.57 bits per heavy atom. The normalized spacial score (nSPS) is 11.4. The standard InChI is InChI=1S/C12H9BrFNO4S2/c1-6-4-10(20-11(6)12(16)17)15-21(18,19)7-2-3-8(13)9(14)5-7/h2-5,15H,1H3,(H,16,17). The van der Waals surface area contributed by atoms with Gasteiger partial charge < -0.3 is 5.11 Å². The van der Waals surface area contributed by atoms with Gasteiger partial charge in [-0.3, -0.25) is 4.72 Å². The van der Waals surface area contributed by atoms with Gasteiger partial charge in [0.15, 0.2) is 0 Å². The Kier molecular flexibility index (Phi) is 4.35. The molecule has 1 aromatic heterocycles. The summed E-state index contributed by atoms with van der Waals surface area (Å²) in [5, 5.41) is 9.10. The Bertz CT molecular complexity index is 817. The van der Waals surface area contributed by atoms with Crippen molar-refractivity contribution in [3.63, 3.8) is 0 Å². The predicted octanol–water partition coefficient (Wildman–Crippen LogP) is 3.46. The summed E-state index contributed by atoms with van der Waals surface area (Å²) in [5.41, 5.74) is 0.451. The molecule has 0 saturated heterocycles. The number of carboxylic acid groups (broad SMARTS) is 1. The molecule has 0 atom stereocenters. The lowest BCUT2D eigenvalue weighted by atomic mass is 10.3. The minimum absolute atomic E-state index is 0.0506. The number of aryl methyl sites for hydroxylation is 1. The van der Waals surface area contributed by atoms with Gasteiger partial charge in [-0.25, -0.2) is 17.6 Å². The maximum absolute atomic E-state index is 13.4. The molecule has 1 heterocycles. The van der Waals surface area contributed by atoms with Crippen molar-refractivity contribution >= 4 is 48.3 Å². The number of hydrogen-bond acceptors (Lipinski definition) is 4. The molecule has 2 N–H and O–H groups in total. The molecule has 0 fully saturated rings. The Hall–Kier alpha value is -1.45. The molecule has 112 valence electrons. The van der Waals surface area contributed by atoms with Crippen LogP contribution in [-0.2, 0) is 10.0 Å². The minimum Gasteiger partial charge on any atom is -0.477 e. The van der Waals surface area contributed by atoms with Crippen molar-refractivity contribution in [3.05, 3.63) is 45.0 Å². The van der Waals surface area contributed by atoms with E-state index in [1.165, 1.54) is 18.2 Å². The number of rotatable bonds is 4. The average molecular weight is 394 g/mol. The summed E-state index contributed by atoms with van der Waals surface area (Å²) in [7, 11) is -3.98. The van der Waals surface area contributed by atoms with Gasteiger partial charge in [-0.2, -0.15) is 0 Å². The molecule has 9 heteroatoms. The molecule has 0 radical (unpaired) electrons. The van der Waals surface area contributed by atoms with E-state index in [9.17, 15) is 17.6 Å². The number of aromatic carboxylic acids is 1. The van der Waals surface area contributed by atoms with Gasteiger partial charge in [0.1, 0.15) is 15.7 Å². The Balaban J connectivity index is 2.35. The van der Waals surface area contributed by atoms with E-state index in [0.717, 1.165) is 17.4 Å². The van der Waals surface area contributed by atoms with Gasteiger partial charge in [0.25, 0.3) is 10.0 Å². The first-order valence-corrected chi connectivity index (χ1v) is 8.61. The van der Waals surface area contributed by atoms with Crippen molar-refractivity contribution < 1.29 is 22.7 Å². The fraction of sp³-hybridized carbons (Fsp3) is 0.0833. The molecule has 0 aliphatic rings. The highest BCUT2D eigenvalue weighted by Gasteiger charge is 2.19. The number of sulfonamides is 1. The molecular weight excluding hydrogens is 385 g/mol. The number of thiophene rings is 1. The number of carbonyl (C=O) groups is 1. The van der Waals surface area contributed by atoms with E-state index in [1.807, 2.05) is 0 Å². The third kappa shape index (κ3) is 3.42. The van der Waals surface area contributed by atoms with Crippen molar-refractivity contribution in [1.29, 1.82) is 0 Å². The number of benzene rings is 1. The minimum atomic E-state index is -3.98. The van der Waals surface area contributed by atoms with Gasteiger partial charge in [0, 0.05) is 0 Å². The van der Waals surface area contributed by atoms with Crippen LogP contribution in [0.2, 0.25) is 0 Å². The second kappa shape index (κ2) is 5.74. The van der Waals surface area contributed by atoms with Crippen LogP contribution in [0.4, 0.5) is 9.39 Å². The second-order valence-electron chi connectivity index (χ2n) is 4.11. The Labute approximate surface area is 132 Å². The molecule has 5 nitrogen and oxygen atoms in total. The van der Waals surface area contributed by atoms with Crippen molar-refractivity contribution in [2.24, 2.45) is 0 Å². The lowest BCUT2D eigenvalue weighted by Crippen LogP contribution is -2.12. The van der Waals surface area contributed by atoms with Crippen LogP contribution in [0.3, 0.4) is 0 Å². The fourth-order valence-corrected chi connectivity index (χ4v) is 4.03. The van der Waals surface area contributed by atoms with E-state index in [1.54, 1.807) is 6.92 Å². The lowest BCUT2D eigenvalue weighted by Gasteiger charge is -2.06. The second-order valence-corrected chi connectivity index (χ2v) is 7.70. The number of carboxylic acids is 1. The van der Waals surface area contributed by atoms with Gasteiger partial charge in [0.05, 0.1) is 9.37 Å². The van der Waals surface area contributed by atoms with E-state index in [2.05, 4.69) is 20.7 Å². The maximum Gasteiger partial charge on any atom is 0.346 e. The van der Waals surface area contributed by atoms with Crippen molar-refractivity contribution in [3.8, 4) is 0 Å². The number of anilines is 1. The number of hydrogen-bond donors (Lipinski definition) is 2. The molecule has 1 aromatic carbocycles. The summed E-state index contributed by atoms with van der Waals surface area (Å²) in [6, 6.07) is 4.83. The summed E-state index contributed by atoms with van der Waals surface area (Å²) >= 11 is 3.74. The van der Waals surface area contributed by atoms with Gasteiger partial charge >= 0.3 is 5.97 Å². The van der Waals surface area contributed by atoms with Crippen LogP contribution in [0, 0.1) is 12.7 Å². The van der Waals surface area contributed by atoms with Gasteiger partial charge in [-0.05, 0) is 52.7 Å². The molecule has 0 amide bonds. The lowest BCUT2D eigenvalue weighted by molar-refractivity contribution is 0.0701. The van der Waals surface area contributed by atoms with Gasteiger partial charge in [0.2, 0.25) is 0 Å². The third-order valence-electron chi connectivity index (χ3n) is 2.55. The van der Waals surface area contributed by atoms with Crippen LogP contribution < -0.4 is 4.72 Å². The maximum atomic E-state index is 13.4. The van der Waals surface area contributed by atoms with E-state index < -0.39 is 21.8 Å². The highest BCUT2D eigenvalue weighted by Crippen LogP contribution is 2.29. The van der Waals surface area contributed by atoms with E-state index in [0.29, 0.717) is 5.56 Å². The van der Waals surface area contributed by atoms with Crippen LogP contribution in [0.5, 0.6) is 0 Å². The molecule has 0 aliphatic carbocycles. The summed E-state index contributed by atoms with van der Waals surface area (Å²) in [6.07, 6.45) is 0. The molecular formula is C12H9BrFNO4S2. The van der Waals surface area contributed by atoms with Crippen molar-refractivity contribution in [2.45, 2.75) is 11.8 Å². The molecule has 0 spiro atoms. The Morgan fingerprint density at radius 1 is 1.38 bits per heavy atom. The SMILES string of the molecule is Cc1cc(NS(=O)(=O)c2ccc(Br)c(F)c2)sc1C(=O)O. The molecule has 2 aromatic rings. The molecule has 2 rings (SSSR count). The molecule has 0 aliphatic heterocycles.